The Morgan fingerprint density at radius 1 is 1.36 bits per heavy atom. The summed E-state index contributed by atoms with van der Waals surface area (Å²) in [5, 5.41) is 0. The molecule has 1 aromatic carbocycles. The summed E-state index contributed by atoms with van der Waals surface area (Å²) in [7, 11) is 0. The summed E-state index contributed by atoms with van der Waals surface area (Å²) in [5.74, 6) is 0.527. The van der Waals surface area contributed by atoms with Gasteiger partial charge in [-0.05, 0) is 29.5 Å². The lowest BCUT2D eigenvalue weighted by Crippen LogP contribution is -2.06. The largest absolute Gasteiger partial charge is 0.327 e. The molecule has 76 valence electrons. The van der Waals surface area contributed by atoms with Gasteiger partial charge in [0.1, 0.15) is 0 Å². The quantitative estimate of drug-likeness (QED) is 0.818. The third kappa shape index (κ3) is 1.41. The molecule has 0 aromatic heterocycles. The van der Waals surface area contributed by atoms with Gasteiger partial charge in [-0.15, -0.1) is 0 Å². The van der Waals surface area contributed by atoms with E-state index < -0.39 is 0 Å². The Hall–Kier alpha value is -0.340. The Kier molecular flexibility index (Phi) is 2.24. The van der Waals surface area contributed by atoms with Crippen molar-refractivity contribution in [1.29, 1.82) is 0 Å². The van der Waals surface area contributed by atoms with Crippen LogP contribution in [0.4, 0.5) is 0 Å². The van der Waals surface area contributed by atoms with E-state index in [0.717, 1.165) is 0 Å². The van der Waals surface area contributed by atoms with Crippen molar-refractivity contribution in [2.75, 3.05) is 0 Å². The standard InChI is InChI=1S/C12H16BrN/c1-7-4-5-8(6-9(7)13)10-11(14)12(10,2)3/h4-6,10-11H,14H2,1-3H3/t10-,11-/m0/s1. The lowest BCUT2D eigenvalue weighted by Gasteiger charge is -2.05. The van der Waals surface area contributed by atoms with Crippen molar-refractivity contribution in [3.63, 3.8) is 0 Å². The number of rotatable bonds is 1. The first kappa shape index (κ1) is 10.2. The summed E-state index contributed by atoms with van der Waals surface area (Å²) in [4.78, 5) is 0. The van der Waals surface area contributed by atoms with Crippen molar-refractivity contribution < 1.29 is 0 Å². The molecule has 0 bridgehead atoms. The number of aryl methyl sites for hydroxylation is 1. The van der Waals surface area contributed by atoms with E-state index >= 15 is 0 Å². The fourth-order valence-electron chi connectivity index (χ4n) is 2.12. The van der Waals surface area contributed by atoms with Crippen LogP contribution in [0.2, 0.25) is 0 Å². The van der Waals surface area contributed by atoms with Crippen LogP contribution in [-0.2, 0) is 0 Å². The topological polar surface area (TPSA) is 26.0 Å². The van der Waals surface area contributed by atoms with Crippen LogP contribution in [-0.4, -0.2) is 6.04 Å². The lowest BCUT2D eigenvalue weighted by atomic mass is 10.0. The molecule has 0 heterocycles. The van der Waals surface area contributed by atoms with E-state index in [0.29, 0.717) is 12.0 Å². The maximum absolute atomic E-state index is 6.05. The van der Waals surface area contributed by atoms with Gasteiger partial charge in [0.15, 0.2) is 0 Å². The van der Waals surface area contributed by atoms with Crippen LogP contribution in [0, 0.1) is 12.3 Å². The SMILES string of the molecule is Cc1ccc([C@H]2[C@H](N)C2(C)C)cc1Br. The Bertz CT molecular complexity index is 371. The van der Waals surface area contributed by atoms with Crippen LogP contribution < -0.4 is 5.73 Å². The second kappa shape index (κ2) is 3.07. The predicted molar refractivity (Wildman–Crippen MR) is 63.4 cm³/mol. The first-order valence-corrected chi connectivity index (χ1v) is 5.75. The van der Waals surface area contributed by atoms with E-state index in [1.54, 1.807) is 0 Å². The number of benzene rings is 1. The fourth-order valence-corrected chi connectivity index (χ4v) is 2.51. The highest BCUT2D eigenvalue weighted by molar-refractivity contribution is 9.10. The van der Waals surface area contributed by atoms with Crippen molar-refractivity contribution in [2.24, 2.45) is 11.1 Å². The molecular weight excluding hydrogens is 238 g/mol. The number of hydrogen-bond donors (Lipinski definition) is 1. The summed E-state index contributed by atoms with van der Waals surface area (Å²) < 4.78 is 1.19. The van der Waals surface area contributed by atoms with Gasteiger partial charge in [-0.3, -0.25) is 0 Å². The maximum Gasteiger partial charge on any atom is 0.0207 e. The van der Waals surface area contributed by atoms with Crippen LogP contribution in [0.5, 0.6) is 0 Å². The van der Waals surface area contributed by atoms with Crippen molar-refractivity contribution >= 4 is 15.9 Å². The zero-order chi connectivity index (χ0) is 10.5. The van der Waals surface area contributed by atoms with Crippen molar-refractivity contribution in [1.82, 2.24) is 0 Å². The first-order chi connectivity index (χ1) is 6.44. The van der Waals surface area contributed by atoms with Crippen LogP contribution in [0.25, 0.3) is 0 Å². The van der Waals surface area contributed by atoms with E-state index in [2.05, 4.69) is 54.9 Å². The monoisotopic (exact) mass is 253 g/mol. The summed E-state index contributed by atoms with van der Waals surface area (Å²) in [5.41, 5.74) is 8.96. The van der Waals surface area contributed by atoms with E-state index in [4.69, 9.17) is 5.73 Å². The average Bonchev–Trinajstić information content (AvgIpc) is 2.58. The van der Waals surface area contributed by atoms with E-state index in [1.165, 1.54) is 15.6 Å². The summed E-state index contributed by atoms with van der Waals surface area (Å²) in [6, 6.07) is 6.87. The van der Waals surface area contributed by atoms with Crippen LogP contribution in [0.15, 0.2) is 22.7 Å². The highest BCUT2D eigenvalue weighted by Gasteiger charge is 2.56. The zero-order valence-corrected chi connectivity index (χ0v) is 10.4. The Balaban J connectivity index is 2.32. The third-order valence-electron chi connectivity index (χ3n) is 3.47. The molecule has 14 heavy (non-hydrogen) atoms. The van der Waals surface area contributed by atoms with Crippen molar-refractivity contribution in [3.8, 4) is 0 Å². The predicted octanol–water partition coefficient (Wildman–Crippen LogP) is 3.21. The van der Waals surface area contributed by atoms with E-state index in [-0.39, 0.29) is 5.41 Å². The van der Waals surface area contributed by atoms with Crippen molar-refractivity contribution in [3.05, 3.63) is 33.8 Å². The minimum atomic E-state index is 0.273. The van der Waals surface area contributed by atoms with Crippen LogP contribution in [0.3, 0.4) is 0 Å². The molecule has 2 N–H and O–H groups in total. The second-order valence-corrected chi connectivity index (χ2v) is 5.69. The minimum absolute atomic E-state index is 0.273. The van der Waals surface area contributed by atoms with E-state index in [9.17, 15) is 0 Å². The average molecular weight is 254 g/mol. The Morgan fingerprint density at radius 3 is 2.36 bits per heavy atom. The molecule has 1 saturated carbocycles. The molecule has 0 radical (unpaired) electrons. The molecule has 2 atom stereocenters. The van der Waals surface area contributed by atoms with Gasteiger partial charge in [-0.25, -0.2) is 0 Å². The molecular formula is C12H16BrN. The first-order valence-electron chi connectivity index (χ1n) is 4.96. The van der Waals surface area contributed by atoms with Crippen LogP contribution >= 0.6 is 15.9 Å². The highest BCUT2D eigenvalue weighted by atomic mass is 79.9. The molecule has 0 unspecified atom stereocenters. The zero-order valence-electron chi connectivity index (χ0n) is 8.84. The molecule has 0 spiro atoms. The molecule has 0 amide bonds. The number of nitrogens with two attached hydrogens (primary N) is 1. The van der Waals surface area contributed by atoms with E-state index in [1.807, 2.05) is 0 Å². The van der Waals surface area contributed by atoms with Gasteiger partial charge >= 0.3 is 0 Å². The van der Waals surface area contributed by atoms with Gasteiger partial charge in [0.05, 0.1) is 0 Å². The molecule has 2 heteroatoms. The van der Waals surface area contributed by atoms with Gasteiger partial charge in [0.2, 0.25) is 0 Å². The number of halogens is 1. The Morgan fingerprint density at radius 2 is 1.93 bits per heavy atom. The van der Waals surface area contributed by atoms with Gasteiger partial charge in [-0.1, -0.05) is 41.9 Å². The minimum Gasteiger partial charge on any atom is -0.327 e. The second-order valence-electron chi connectivity index (χ2n) is 4.83. The highest BCUT2D eigenvalue weighted by Crippen LogP contribution is 2.57. The van der Waals surface area contributed by atoms with Crippen LogP contribution in [0.1, 0.15) is 30.9 Å². The third-order valence-corrected chi connectivity index (χ3v) is 4.32. The normalized spacial score (nSPS) is 28.9. The summed E-state index contributed by atoms with van der Waals surface area (Å²) >= 11 is 3.56. The fraction of sp³-hybridized carbons (Fsp3) is 0.500. The summed E-state index contributed by atoms with van der Waals surface area (Å²) in [6.07, 6.45) is 0. The molecule has 1 nitrogen and oxygen atoms in total. The molecule has 1 fully saturated rings. The van der Waals surface area contributed by atoms with Gasteiger partial charge in [0.25, 0.3) is 0 Å². The van der Waals surface area contributed by atoms with Crippen molar-refractivity contribution in [2.45, 2.75) is 32.7 Å². The number of hydrogen-bond acceptors (Lipinski definition) is 1. The van der Waals surface area contributed by atoms with Gasteiger partial charge < -0.3 is 5.73 Å². The summed E-state index contributed by atoms with van der Waals surface area (Å²) in [6.45, 7) is 6.57. The molecule has 1 aliphatic carbocycles. The molecule has 2 rings (SSSR count). The van der Waals surface area contributed by atoms with Gasteiger partial charge in [-0.2, -0.15) is 0 Å². The molecule has 0 aliphatic heterocycles. The molecule has 1 aromatic rings. The molecule has 1 aliphatic rings. The Labute approximate surface area is 93.8 Å². The molecule has 0 saturated heterocycles. The van der Waals surface area contributed by atoms with Gasteiger partial charge in [0, 0.05) is 16.4 Å². The maximum atomic E-state index is 6.05. The smallest absolute Gasteiger partial charge is 0.0207 e. The lowest BCUT2D eigenvalue weighted by molar-refractivity contribution is 0.599.